The van der Waals surface area contributed by atoms with E-state index in [1.165, 1.54) is 10.8 Å². The second-order valence-corrected chi connectivity index (χ2v) is 12.5. The van der Waals surface area contributed by atoms with Crippen molar-refractivity contribution in [2.45, 2.75) is 0 Å². The van der Waals surface area contributed by atoms with Crippen LogP contribution in [0.25, 0.3) is 94.7 Å². The van der Waals surface area contributed by atoms with Gasteiger partial charge in [0.2, 0.25) is 0 Å². The summed E-state index contributed by atoms with van der Waals surface area (Å²) in [6.07, 6.45) is 0. The van der Waals surface area contributed by atoms with Crippen molar-refractivity contribution in [1.82, 2.24) is 19.5 Å². The van der Waals surface area contributed by atoms with E-state index in [9.17, 15) is 0 Å². The standard InChI is InChI=1S/C45H28N4O/c1-3-13-29(14-4-1)43-46-44(30-15-5-2-6-16-30)48-45(47-43)33-25-32(31-23-24-38-37-19-9-12-22-41(37)50-42(38)28-31)26-34(27-33)49-39-20-10-7-17-35(39)36-18-8-11-21-40(36)49/h1-28H. The van der Waals surface area contributed by atoms with Crippen molar-refractivity contribution >= 4 is 43.7 Å². The Morgan fingerprint density at radius 3 is 1.48 bits per heavy atom. The molecule has 0 amide bonds. The molecule has 0 saturated heterocycles. The molecule has 50 heavy (non-hydrogen) atoms. The van der Waals surface area contributed by atoms with Gasteiger partial charge in [-0.15, -0.1) is 0 Å². The van der Waals surface area contributed by atoms with E-state index in [0.29, 0.717) is 17.5 Å². The van der Waals surface area contributed by atoms with Crippen molar-refractivity contribution < 1.29 is 4.42 Å². The highest BCUT2D eigenvalue weighted by molar-refractivity contribution is 6.09. The van der Waals surface area contributed by atoms with Gasteiger partial charge in [0.25, 0.3) is 0 Å². The average molecular weight is 641 g/mol. The van der Waals surface area contributed by atoms with Crippen LogP contribution in [0.15, 0.2) is 174 Å². The van der Waals surface area contributed by atoms with Crippen LogP contribution in [0.2, 0.25) is 0 Å². The third kappa shape index (κ3) is 4.67. The highest BCUT2D eigenvalue weighted by atomic mass is 16.3. The minimum absolute atomic E-state index is 0.603. The fraction of sp³-hybridized carbons (Fsp3) is 0. The van der Waals surface area contributed by atoms with Gasteiger partial charge < -0.3 is 8.98 Å². The summed E-state index contributed by atoms with van der Waals surface area (Å²) in [5.74, 6) is 1.86. The number of fused-ring (bicyclic) bond motifs is 6. The number of furan rings is 1. The van der Waals surface area contributed by atoms with Crippen molar-refractivity contribution in [2.75, 3.05) is 0 Å². The van der Waals surface area contributed by atoms with Gasteiger partial charge in [0.15, 0.2) is 17.5 Å². The minimum Gasteiger partial charge on any atom is -0.456 e. The molecule has 0 saturated carbocycles. The van der Waals surface area contributed by atoms with E-state index in [4.69, 9.17) is 19.4 Å². The van der Waals surface area contributed by atoms with Crippen LogP contribution < -0.4 is 0 Å². The molecular formula is C45H28N4O. The molecule has 0 unspecified atom stereocenters. The smallest absolute Gasteiger partial charge is 0.164 e. The number of rotatable bonds is 5. The molecule has 0 aliphatic heterocycles. The molecule has 10 rings (SSSR count). The molecular weight excluding hydrogens is 613 g/mol. The Labute approximate surface area is 287 Å². The lowest BCUT2D eigenvalue weighted by Gasteiger charge is -2.14. The summed E-state index contributed by atoms with van der Waals surface area (Å²) in [7, 11) is 0. The van der Waals surface area contributed by atoms with Gasteiger partial charge in [-0.25, -0.2) is 15.0 Å². The Morgan fingerprint density at radius 1 is 0.340 bits per heavy atom. The van der Waals surface area contributed by atoms with Crippen molar-refractivity contribution in [2.24, 2.45) is 0 Å². The molecule has 0 bridgehead atoms. The van der Waals surface area contributed by atoms with Gasteiger partial charge in [0.05, 0.1) is 11.0 Å². The molecule has 234 valence electrons. The second kappa shape index (κ2) is 11.4. The van der Waals surface area contributed by atoms with Gasteiger partial charge in [-0.3, -0.25) is 0 Å². The van der Waals surface area contributed by atoms with Gasteiger partial charge in [-0.1, -0.05) is 121 Å². The predicted molar refractivity (Wildman–Crippen MR) is 203 cm³/mol. The SMILES string of the molecule is c1ccc(-c2nc(-c3ccccc3)nc(-c3cc(-c4ccc5c(c4)oc4ccccc45)cc(-n4c5ccccc5c5ccccc54)c3)n2)cc1. The van der Waals surface area contributed by atoms with Crippen LogP contribution in [0.1, 0.15) is 0 Å². The van der Waals surface area contributed by atoms with Gasteiger partial charge in [-0.05, 0) is 59.7 Å². The van der Waals surface area contributed by atoms with Crippen LogP contribution in [-0.2, 0) is 0 Å². The molecule has 0 radical (unpaired) electrons. The van der Waals surface area contributed by atoms with Crippen molar-refractivity contribution in [3.05, 3.63) is 170 Å². The zero-order chi connectivity index (χ0) is 33.0. The largest absolute Gasteiger partial charge is 0.456 e. The lowest BCUT2D eigenvalue weighted by atomic mass is 9.99. The molecule has 3 aromatic heterocycles. The third-order valence-corrected chi connectivity index (χ3v) is 9.43. The lowest BCUT2D eigenvalue weighted by Crippen LogP contribution is -2.01. The molecule has 7 aromatic carbocycles. The van der Waals surface area contributed by atoms with Crippen LogP contribution in [0.3, 0.4) is 0 Å². The summed E-state index contributed by atoms with van der Waals surface area (Å²) in [5, 5.41) is 4.62. The minimum atomic E-state index is 0.603. The molecule has 0 aliphatic rings. The van der Waals surface area contributed by atoms with Crippen LogP contribution in [0.5, 0.6) is 0 Å². The van der Waals surface area contributed by atoms with Crippen LogP contribution in [-0.4, -0.2) is 19.5 Å². The Hall–Kier alpha value is -6.85. The maximum Gasteiger partial charge on any atom is 0.164 e. The molecule has 0 spiro atoms. The molecule has 0 atom stereocenters. The number of hydrogen-bond donors (Lipinski definition) is 0. The Kier molecular flexibility index (Phi) is 6.42. The fourth-order valence-corrected chi connectivity index (χ4v) is 7.08. The molecule has 10 aromatic rings. The van der Waals surface area contributed by atoms with Crippen LogP contribution >= 0.6 is 0 Å². The monoisotopic (exact) mass is 640 g/mol. The average Bonchev–Trinajstić information content (AvgIpc) is 3.74. The maximum atomic E-state index is 6.34. The molecule has 3 heterocycles. The third-order valence-electron chi connectivity index (χ3n) is 9.43. The van der Waals surface area contributed by atoms with Crippen molar-refractivity contribution in [3.8, 4) is 51.0 Å². The normalized spacial score (nSPS) is 11.6. The van der Waals surface area contributed by atoms with Gasteiger partial charge >= 0.3 is 0 Å². The first-order valence-electron chi connectivity index (χ1n) is 16.7. The molecule has 0 aliphatic carbocycles. The van der Waals surface area contributed by atoms with Gasteiger partial charge in [0, 0.05) is 43.9 Å². The maximum absolute atomic E-state index is 6.34. The first kappa shape index (κ1) is 28.2. The number of nitrogens with zero attached hydrogens (tertiary/aromatic N) is 4. The molecule has 5 nitrogen and oxygen atoms in total. The summed E-state index contributed by atoms with van der Waals surface area (Å²) in [5.41, 5.74) is 9.85. The van der Waals surface area contributed by atoms with Gasteiger partial charge in [-0.2, -0.15) is 0 Å². The van der Waals surface area contributed by atoms with E-state index in [2.05, 4.69) is 102 Å². The van der Waals surface area contributed by atoms with Crippen molar-refractivity contribution in [1.29, 1.82) is 0 Å². The quantitative estimate of drug-likeness (QED) is 0.188. The van der Waals surface area contributed by atoms with Gasteiger partial charge in [0.1, 0.15) is 11.2 Å². The lowest BCUT2D eigenvalue weighted by molar-refractivity contribution is 0.669. The summed E-state index contributed by atoms with van der Waals surface area (Å²) in [6.45, 7) is 0. The molecule has 0 fully saturated rings. The number of aromatic nitrogens is 4. The highest BCUT2D eigenvalue weighted by Gasteiger charge is 2.18. The van der Waals surface area contributed by atoms with E-state index >= 15 is 0 Å². The fourth-order valence-electron chi connectivity index (χ4n) is 7.08. The zero-order valence-electron chi connectivity index (χ0n) is 26.9. The molecule has 0 N–H and O–H groups in total. The van der Waals surface area contributed by atoms with E-state index in [1.54, 1.807) is 0 Å². The first-order chi connectivity index (χ1) is 24.8. The topological polar surface area (TPSA) is 56.7 Å². The van der Waals surface area contributed by atoms with Crippen LogP contribution in [0, 0.1) is 0 Å². The Balaban J connectivity index is 1.25. The summed E-state index contributed by atoms with van der Waals surface area (Å²) >= 11 is 0. The van der Waals surface area contributed by atoms with E-state index < -0.39 is 0 Å². The number of para-hydroxylation sites is 3. The first-order valence-corrected chi connectivity index (χ1v) is 16.7. The van der Waals surface area contributed by atoms with Crippen molar-refractivity contribution in [3.63, 3.8) is 0 Å². The predicted octanol–water partition coefficient (Wildman–Crippen LogP) is 11.5. The number of hydrogen-bond acceptors (Lipinski definition) is 4. The number of benzene rings is 7. The Bertz CT molecular complexity index is 2760. The summed E-state index contributed by atoms with van der Waals surface area (Å²) in [4.78, 5) is 15.2. The highest BCUT2D eigenvalue weighted by Crippen LogP contribution is 2.38. The molecule has 5 heteroatoms. The van der Waals surface area contributed by atoms with E-state index in [1.807, 2.05) is 72.8 Å². The van der Waals surface area contributed by atoms with E-state index in [0.717, 1.165) is 66.5 Å². The van der Waals surface area contributed by atoms with E-state index in [-0.39, 0.29) is 0 Å². The van der Waals surface area contributed by atoms with Crippen LogP contribution in [0.4, 0.5) is 0 Å². The summed E-state index contributed by atoms with van der Waals surface area (Å²) < 4.78 is 8.68. The zero-order valence-corrected chi connectivity index (χ0v) is 26.9. The second-order valence-electron chi connectivity index (χ2n) is 12.5. The summed E-state index contributed by atoms with van der Waals surface area (Å²) in [6, 6.07) is 58.7. The Morgan fingerprint density at radius 2 is 0.840 bits per heavy atom.